The third-order valence-electron chi connectivity index (χ3n) is 4.10. The molecular weight excluding hydrogens is 296 g/mol. The van der Waals surface area contributed by atoms with Crippen molar-refractivity contribution < 1.29 is 9.59 Å². The largest absolute Gasteiger partial charge is 0.295 e. The summed E-state index contributed by atoms with van der Waals surface area (Å²) in [5.41, 5.74) is 5.33. The molecule has 0 saturated heterocycles. The van der Waals surface area contributed by atoms with Gasteiger partial charge in [-0.05, 0) is 42.2 Å². The topological polar surface area (TPSA) is 34.1 Å². The Kier molecular flexibility index (Phi) is 4.39. The van der Waals surface area contributed by atoms with Crippen molar-refractivity contribution in [3.05, 3.63) is 95.1 Å². The van der Waals surface area contributed by atoms with Crippen molar-refractivity contribution >= 4 is 22.7 Å². The summed E-state index contributed by atoms with van der Waals surface area (Å²) in [6.07, 6.45) is 5.18. The van der Waals surface area contributed by atoms with E-state index >= 15 is 0 Å². The lowest BCUT2D eigenvalue weighted by Gasteiger charge is -2.11. The van der Waals surface area contributed by atoms with Crippen molar-refractivity contribution in [2.75, 3.05) is 0 Å². The number of ketones is 2. The van der Waals surface area contributed by atoms with E-state index in [-0.39, 0.29) is 11.6 Å². The van der Waals surface area contributed by atoms with Crippen LogP contribution < -0.4 is 0 Å². The summed E-state index contributed by atoms with van der Waals surface area (Å²) in [6.45, 7) is 3.38. The predicted molar refractivity (Wildman–Crippen MR) is 97.6 cm³/mol. The molecule has 0 fully saturated rings. The van der Waals surface area contributed by atoms with Crippen LogP contribution in [-0.2, 0) is 4.79 Å². The average molecular weight is 314 g/mol. The maximum atomic E-state index is 12.6. The van der Waals surface area contributed by atoms with Gasteiger partial charge in [0.2, 0.25) is 0 Å². The summed E-state index contributed by atoms with van der Waals surface area (Å²) in [4.78, 5) is 23.8. The van der Waals surface area contributed by atoms with E-state index in [0.717, 1.165) is 33.4 Å². The molecule has 24 heavy (non-hydrogen) atoms. The quantitative estimate of drug-likeness (QED) is 0.595. The third-order valence-corrected chi connectivity index (χ3v) is 4.10. The molecule has 0 amide bonds. The number of benzene rings is 2. The van der Waals surface area contributed by atoms with Gasteiger partial charge in [-0.1, -0.05) is 66.7 Å². The predicted octanol–water partition coefficient (Wildman–Crippen LogP) is 4.89. The van der Waals surface area contributed by atoms with E-state index in [9.17, 15) is 9.59 Å². The van der Waals surface area contributed by atoms with Crippen molar-refractivity contribution in [2.24, 2.45) is 0 Å². The Balaban J connectivity index is 2.20. The lowest BCUT2D eigenvalue weighted by Crippen LogP contribution is -1.94. The highest BCUT2D eigenvalue weighted by Crippen LogP contribution is 2.41. The van der Waals surface area contributed by atoms with Crippen LogP contribution in [0.3, 0.4) is 0 Å². The summed E-state index contributed by atoms with van der Waals surface area (Å²) < 4.78 is 0. The molecular formula is C22H18O2. The van der Waals surface area contributed by atoms with Gasteiger partial charge in [0, 0.05) is 11.1 Å². The second-order valence-corrected chi connectivity index (χ2v) is 5.79. The molecule has 0 bridgehead atoms. The molecule has 2 aromatic rings. The number of allylic oxidation sites excluding steroid dienone is 6. The van der Waals surface area contributed by atoms with Crippen LogP contribution in [0.4, 0.5) is 0 Å². The minimum absolute atomic E-state index is 0.00717. The van der Waals surface area contributed by atoms with E-state index < -0.39 is 0 Å². The molecule has 0 N–H and O–H groups in total. The Morgan fingerprint density at radius 2 is 1.54 bits per heavy atom. The Labute approximate surface area is 141 Å². The fraction of sp³-hybridized carbons (Fsp3) is 0.0909. The standard InChI is InChI=1S/C22H18O2/c1-15(23)9-8-14-18(17-10-4-3-5-11-17)21-16(2)22(24)20-13-7-6-12-19(20)21/h3-14H,1-2H3/b9-8-,18-14+. The Morgan fingerprint density at radius 1 is 0.917 bits per heavy atom. The first-order chi connectivity index (χ1) is 11.6. The Bertz CT molecular complexity index is 897. The highest BCUT2D eigenvalue weighted by molar-refractivity contribution is 6.28. The normalized spacial score (nSPS) is 14.4. The third kappa shape index (κ3) is 2.91. The summed E-state index contributed by atoms with van der Waals surface area (Å²) in [7, 11) is 0. The van der Waals surface area contributed by atoms with Crippen molar-refractivity contribution in [3.63, 3.8) is 0 Å². The van der Waals surface area contributed by atoms with Crippen LogP contribution in [-0.4, -0.2) is 11.6 Å². The molecule has 1 aliphatic rings. The van der Waals surface area contributed by atoms with Crippen LogP contribution in [0.15, 0.2) is 78.4 Å². The van der Waals surface area contributed by atoms with Crippen molar-refractivity contribution in [1.82, 2.24) is 0 Å². The fourth-order valence-corrected chi connectivity index (χ4v) is 2.99. The fourth-order valence-electron chi connectivity index (χ4n) is 2.99. The number of hydrogen-bond donors (Lipinski definition) is 0. The van der Waals surface area contributed by atoms with Gasteiger partial charge in [-0.15, -0.1) is 0 Å². The average Bonchev–Trinajstić information content (AvgIpc) is 2.84. The molecule has 0 atom stereocenters. The van der Waals surface area contributed by atoms with Crippen LogP contribution in [0.2, 0.25) is 0 Å². The first kappa shape index (κ1) is 15.9. The van der Waals surface area contributed by atoms with Gasteiger partial charge < -0.3 is 0 Å². The molecule has 0 radical (unpaired) electrons. The van der Waals surface area contributed by atoms with Gasteiger partial charge in [0.1, 0.15) is 0 Å². The van der Waals surface area contributed by atoms with E-state index in [0.29, 0.717) is 0 Å². The zero-order valence-corrected chi connectivity index (χ0v) is 13.7. The van der Waals surface area contributed by atoms with Crippen molar-refractivity contribution in [3.8, 4) is 0 Å². The Morgan fingerprint density at radius 3 is 2.21 bits per heavy atom. The maximum absolute atomic E-state index is 12.6. The molecule has 1 aliphatic carbocycles. The Hall–Kier alpha value is -3.00. The summed E-state index contributed by atoms with van der Waals surface area (Å²) in [5, 5.41) is 0. The van der Waals surface area contributed by atoms with E-state index in [2.05, 4.69) is 0 Å². The van der Waals surface area contributed by atoms with Gasteiger partial charge in [-0.2, -0.15) is 0 Å². The monoisotopic (exact) mass is 314 g/mol. The molecule has 0 aromatic heterocycles. The minimum Gasteiger partial charge on any atom is -0.295 e. The highest BCUT2D eigenvalue weighted by atomic mass is 16.1. The first-order valence-corrected chi connectivity index (χ1v) is 7.89. The zero-order valence-electron chi connectivity index (χ0n) is 13.7. The minimum atomic E-state index is -0.00717. The molecule has 0 spiro atoms. The number of carbonyl (C=O) groups is 2. The van der Waals surface area contributed by atoms with Gasteiger partial charge in [0.25, 0.3) is 0 Å². The first-order valence-electron chi connectivity index (χ1n) is 7.89. The molecule has 0 unspecified atom stereocenters. The molecule has 118 valence electrons. The van der Waals surface area contributed by atoms with Crippen LogP contribution >= 0.6 is 0 Å². The lowest BCUT2D eigenvalue weighted by atomic mass is 9.91. The van der Waals surface area contributed by atoms with Gasteiger partial charge >= 0.3 is 0 Å². The van der Waals surface area contributed by atoms with Crippen LogP contribution in [0.25, 0.3) is 11.1 Å². The van der Waals surface area contributed by atoms with E-state index in [1.54, 1.807) is 6.08 Å². The maximum Gasteiger partial charge on any atom is 0.189 e. The summed E-state index contributed by atoms with van der Waals surface area (Å²) in [5.74, 6) is 0.0604. The number of fused-ring (bicyclic) bond motifs is 1. The molecule has 0 saturated carbocycles. The van der Waals surface area contributed by atoms with Crippen LogP contribution in [0.1, 0.15) is 35.3 Å². The van der Waals surface area contributed by atoms with Crippen LogP contribution in [0, 0.1) is 0 Å². The lowest BCUT2D eigenvalue weighted by molar-refractivity contribution is -0.112. The van der Waals surface area contributed by atoms with Crippen molar-refractivity contribution in [1.29, 1.82) is 0 Å². The van der Waals surface area contributed by atoms with Gasteiger partial charge in [0.15, 0.2) is 11.6 Å². The highest BCUT2D eigenvalue weighted by Gasteiger charge is 2.28. The molecule has 0 aliphatic heterocycles. The second-order valence-electron chi connectivity index (χ2n) is 5.79. The smallest absolute Gasteiger partial charge is 0.189 e. The molecule has 2 aromatic carbocycles. The van der Waals surface area contributed by atoms with Gasteiger partial charge in [-0.25, -0.2) is 0 Å². The van der Waals surface area contributed by atoms with Gasteiger partial charge in [0.05, 0.1) is 0 Å². The van der Waals surface area contributed by atoms with E-state index in [4.69, 9.17) is 0 Å². The van der Waals surface area contributed by atoms with E-state index in [1.165, 1.54) is 13.0 Å². The molecule has 0 heterocycles. The van der Waals surface area contributed by atoms with Crippen molar-refractivity contribution in [2.45, 2.75) is 13.8 Å². The number of carbonyl (C=O) groups excluding carboxylic acids is 2. The SMILES string of the molecule is CC(=O)/C=C\C=C(\C1=C(C)C(=O)c2ccccc21)c1ccccc1. The van der Waals surface area contributed by atoms with E-state index in [1.807, 2.05) is 67.6 Å². The summed E-state index contributed by atoms with van der Waals surface area (Å²) in [6, 6.07) is 17.6. The second kappa shape index (κ2) is 6.63. The molecule has 2 heteroatoms. The summed E-state index contributed by atoms with van der Waals surface area (Å²) >= 11 is 0. The van der Waals surface area contributed by atoms with Gasteiger partial charge in [-0.3, -0.25) is 9.59 Å². The number of hydrogen-bond acceptors (Lipinski definition) is 2. The zero-order chi connectivity index (χ0) is 17.1. The number of Topliss-reactive ketones (excluding diaryl/α,β-unsaturated/α-hetero) is 1. The number of rotatable bonds is 4. The molecule has 3 rings (SSSR count). The molecule has 2 nitrogen and oxygen atoms in total. The van der Waals surface area contributed by atoms with Crippen LogP contribution in [0.5, 0.6) is 0 Å².